The Bertz CT molecular complexity index is 595. The second-order valence-electron chi connectivity index (χ2n) is 3.69. The van der Waals surface area contributed by atoms with Crippen molar-refractivity contribution in [1.29, 1.82) is 0 Å². The molecule has 1 aromatic carbocycles. The van der Waals surface area contributed by atoms with Crippen LogP contribution >= 0.6 is 27.5 Å². The fraction of sp³-hybridized carbons (Fsp3) is 0.154. The molecule has 0 bridgehead atoms. The second kappa shape index (κ2) is 5.67. The lowest BCUT2D eigenvalue weighted by Crippen LogP contribution is -1.82. The fourth-order valence-electron chi connectivity index (χ4n) is 1.44. The molecule has 0 aliphatic heterocycles. The molecule has 0 saturated carbocycles. The molecule has 0 spiro atoms. The van der Waals surface area contributed by atoms with Crippen molar-refractivity contribution in [2.45, 2.75) is 12.8 Å². The molecule has 0 fully saturated rings. The average molecular weight is 331 g/mol. The third-order valence-electron chi connectivity index (χ3n) is 2.40. The Morgan fingerprint density at radius 1 is 1.44 bits per heavy atom. The van der Waals surface area contributed by atoms with Crippen LogP contribution in [0.4, 0.5) is 4.39 Å². The van der Waals surface area contributed by atoms with E-state index in [2.05, 4.69) is 20.9 Å². The zero-order valence-electron chi connectivity index (χ0n) is 9.58. The van der Waals surface area contributed by atoms with Gasteiger partial charge in [-0.2, -0.15) is 0 Å². The lowest BCUT2D eigenvalue weighted by Gasteiger charge is -1.96. The molecular weight excluding hydrogens is 321 g/mol. The molecule has 2 nitrogen and oxygen atoms in total. The van der Waals surface area contributed by atoms with Crippen LogP contribution in [0.3, 0.4) is 0 Å². The van der Waals surface area contributed by atoms with Gasteiger partial charge in [-0.05, 0) is 25.1 Å². The Hall–Kier alpha value is -1.13. The van der Waals surface area contributed by atoms with Crippen molar-refractivity contribution in [1.82, 2.24) is 4.98 Å². The van der Waals surface area contributed by atoms with Gasteiger partial charge in [0.2, 0.25) is 5.89 Å². The molecule has 5 heteroatoms. The van der Waals surface area contributed by atoms with Crippen LogP contribution in [0.2, 0.25) is 0 Å². The molecule has 1 aromatic heterocycles. The molecule has 0 aliphatic rings. The minimum absolute atomic E-state index is 0.301. The van der Waals surface area contributed by atoms with Crippen LogP contribution in [0.15, 0.2) is 27.1 Å². The maximum atomic E-state index is 13.6. The molecular formula is C13H10BrClFNO. The molecule has 2 rings (SSSR count). The zero-order valence-corrected chi connectivity index (χ0v) is 11.9. The number of rotatable bonds is 3. The van der Waals surface area contributed by atoms with Crippen molar-refractivity contribution in [3.05, 3.63) is 51.4 Å². The van der Waals surface area contributed by atoms with Crippen molar-refractivity contribution in [2.75, 3.05) is 0 Å². The predicted octanol–water partition coefficient (Wildman–Crippen LogP) is 4.79. The highest BCUT2D eigenvalue weighted by atomic mass is 79.9. The van der Waals surface area contributed by atoms with E-state index in [1.165, 1.54) is 6.07 Å². The van der Waals surface area contributed by atoms with Gasteiger partial charge in [0.15, 0.2) is 0 Å². The van der Waals surface area contributed by atoms with Crippen molar-refractivity contribution in [2.24, 2.45) is 0 Å². The summed E-state index contributed by atoms with van der Waals surface area (Å²) in [4.78, 5) is 4.17. The summed E-state index contributed by atoms with van der Waals surface area (Å²) in [5.41, 5.74) is 1.18. The van der Waals surface area contributed by atoms with E-state index < -0.39 is 0 Å². The average Bonchev–Trinajstić information content (AvgIpc) is 2.69. The third kappa shape index (κ3) is 3.00. The van der Waals surface area contributed by atoms with Gasteiger partial charge in [0.1, 0.15) is 11.6 Å². The molecule has 0 saturated heterocycles. The maximum Gasteiger partial charge on any atom is 0.219 e. The number of benzene rings is 1. The SMILES string of the molecule is Cc1oc(/C=C/c2ccc(Br)cc2F)nc1CCl. The summed E-state index contributed by atoms with van der Waals surface area (Å²) in [7, 11) is 0. The van der Waals surface area contributed by atoms with Gasteiger partial charge in [0.25, 0.3) is 0 Å². The third-order valence-corrected chi connectivity index (χ3v) is 3.15. The lowest BCUT2D eigenvalue weighted by atomic mass is 10.2. The van der Waals surface area contributed by atoms with Crippen molar-refractivity contribution in [3.8, 4) is 0 Å². The van der Waals surface area contributed by atoms with E-state index in [-0.39, 0.29) is 5.82 Å². The Morgan fingerprint density at radius 2 is 2.22 bits per heavy atom. The molecule has 2 aromatic rings. The molecule has 18 heavy (non-hydrogen) atoms. The Morgan fingerprint density at radius 3 is 2.83 bits per heavy atom. The summed E-state index contributed by atoms with van der Waals surface area (Å²) in [5.74, 6) is 1.10. The van der Waals surface area contributed by atoms with Crippen molar-refractivity contribution in [3.63, 3.8) is 0 Å². The number of oxazole rings is 1. The summed E-state index contributed by atoms with van der Waals surface area (Å²) in [5, 5.41) is 0. The minimum Gasteiger partial charge on any atom is -0.442 e. The Balaban J connectivity index is 2.24. The fourth-order valence-corrected chi connectivity index (χ4v) is 2.02. The summed E-state index contributed by atoms with van der Waals surface area (Å²) < 4.78 is 19.6. The van der Waals surface area contributed by atoms with Crippen LogP contribution in [0.25, 0.3) is 12.2 Å². The first-order valence-corrected chi connectivity index (χ1v) is 6.58. The number of aryl methyl sites for hydroxylation is 1. The first kappa shape index (κ1) is 13.3. The minimum atomic E-state index is -0.304. The van der Waals surface area contributed by atoms with Gasteiger partial charge < -0.3 is 4.42 Å². The highest BCUT2D eigenvalue weighted by Crippen LogP contribution is 2.18. The van der Waals surface area contributed by atoms with Crippen LogP contribution in [0, 0.1) is 12.7 Å². The number of aromatic nitrogens is 1. The van der Waals surface area contributed by atoms with Crippen LogP contribution in [-0.4, -0.2) is 4.98 Å². The van der Waals surface area contributed by atoms with Crippen LogP contribution in [0.1, 0.15) is 22.9 Å². The summed E-state index contributed by atoms with van der Waals surface area (Å²) in [6.07, 6.45) is 3.24. The number of nitrogens with zero attached hydrogens (tertiary/aromatic N) is 1. The molecule has 0 amide bonds. The molecule has 0 N–H and O–H groups in total. The highest BCUT2D eigenvalue weighted by molar-refractivity contribution is 9.10. The molecule has 0 unspecified atom stereocenters. The topological polar surface area (TPSA) is 26.0 Å². The number of alkyl halides is 1. The molecule has 1 heterocycles. The quantitative estimate of drug-likeness (QED) is 0.756. The summed E-state index contributed by atoms with van der Waals surface area (Å²) >= 11 is 8.90. The van der Waals surface area contributed by atoms with E-state index in [4.69, 9.17) is 16.0 Å². The highest BCUT2D eigenvalue weighted by Gasteiger charge is 2.06. The number of hydrogen-bond donors (Lipinski definition) is 0. The van der Waals surface area contributed by atoms with Gasteiger partial charge >= 0.3 is 0 Å². The van der Waals surface area contributed by atoms with Gasteiger partial charge in [-0.15, -0.1) is 11.6 Å². The first-order valence-electron chi connectivity index (χ1n) is 5.25. The van der Waals surface area contributed by atoms with Gasteiger partial charge in [-0.1, -0.05) is 22.0 Å². The lowest BCUT2D eigenvalue weighted by molar-refractivity contribution is 0.515. The predicted molar refractivity (Wildman–Crippen MR) is 73.8 cm³/mol. The molecule has 0 atom stereocenters. The van der Waals surface area contributed by atoms with Crippen LogP contribution in [0.5, 0.6) is 0 Å². The normalized spacial score (nSPS) is 11.3. The van der Waals surface area contributed by atoms with Crippen molar-refractivity contribution < 1.29 is 8.81 Å². The number of halogens is 3. The number of hydrogen-bond acceptors (Lipinski definition) is 2. The van der Waals surface area contributed by atoms with E-state index in [0.29, 0.717) is 33.3 Å². The standard InChI is InChI=1S/C13H10BrClFNO/c1-8-12(7-15)17-13(18-8)5-3-9-2-4-10(14)6-11(9)16/h2-6H,7H2,1H3/b5-3+. The van der Waals surface area contributed by atoms with Crippen LogP contribution < -0.4 is 0 Å². The van der Waals surface area contributed by atoms with E-state index in [0.717, 1.165) is 0 Å². The van der Waals surface area contributed by atoms with E-state index in [1.54, 1.807) is 31.2 Å². The van der Waals surface area contributed by atoms with Crippen LogP contribution in [-0.2, 0) is 5.88 Å². The molecule has 0 aliphatic carbocycles. The zero-order chi connectivity index (χ0) is 13.1. The maximum absolute atomic E-state index is 13.6. The van der Waals surface area contributed by atoms with Gasteiger partial charge in [0, 0.05) is 16.1 Å². The van der Waals surface area contributed by atoms with E-state index >= 15 is 0 Å². The largest absolute Gasteiger partial charge is 0.442 e. The smallest absolute Gasteiger partial charge is 0.219 e. The van der Waals surface area contributed by atoms with Gasteiger partial charge in [-0.25, -0.2) is 9.37 Å². The van der Waals surface area contributed by atoms with E-state index in [1.807, 2.05) is 0 Å². The Kier molecular flexibility index (Phi) is 4.19. The van der Waals surface area contributed by atoms with E-state index in [9.17, 15) is 4.39 Å². The first-order chi connectivity index (χ1) is 8.60. The Labute approximate surface area is 118 Å². The summed E-state index contributed by atoms with van der Waals surface area (Å²) in [6, 6.07) is 4.85. The van der Waals surface area contributed by atoms with Gasteiger partial charge in [0.05, 0.1) is 11.6 Å². The summed E-state index contributed by atoms with van der Waals surface area (Å²) in [6.45, 7) is 1.79. The monoisotopic (exact) mass is 329 g/mol. The van der Waals surface area contributed by atoms with Crippen molar-refractivity contribution >= 4 is 39.7 Å². The second-order valence-corrected chi connectivity index (χ2v) is 4.87. The molecule has 94 valence electrons. The molecule has 0 radical (unpaired) electrons. The van der Waals surface area contributed by atoms with Gasteiger partial charge in [-0.3, -0.25) is 0 Å².